The van der Waals surface area contributed by atoms with Crippen molar-refractivity contribution in [3.63, 3.8) is 0 Å². The van der Waals surface area contributed by atoms with Gasteiger partial charge in [0.05, 0.1) is 0 Å². The van der Waals surface area contributed by atoms with E-state index >= 15 is 0 Å². The van der Waals surface area contributed by atoms with Gasteiger partial charge in [0.1, 0.15) is 11.6 Å². The highest BCUT2D eigenvalue weighted by Gasteiger charge is 2.43. The number of carbonyl (C=O) groups excluding carboxylic acids is 2. The molecule has 0 aromatic carbocycles. The van der Waals surface area contributed by atoms with Crippen LogP contribution >= 0.6 is 0 Å². The Hall–Kier alpha value is -2.05. The van der Waals surface area contributed by atoms with Crippen LogP contribution in [0, 0.1) is 0 Å². The van der Waals surface area contributed by atoms with Gasteiger partial charge in [-0.3, -0.25) is 4.79 Å². The number of guanidine groups is 1. The number of carbonyl (C=O) groups is 2. The van der Waals surface area contributed by atoms with Crippen LogP contribution in [0.4, 0.5) is 4.79 Å². The minimum absolute atomic E-state index is 0.0719. The Bertz CT molecular complexity index is 452. The average molecular weight is 266 g/mol. The fourth-order valence-corrected chi connectivity index (χ4v) is 2.08. The molecule has 2 heterocycles. The fourth-order valence-electron chi connectivity index (χ4n) is 2.08. The molecule has 0 fully saturated rings. The third kappa shape index (κ3) is 2.54. The number of amides is 2. The highest BCUT2D eigenvalue weighted by atomic mass is 16.6. The normalized spacial score (nSPS) is 25.9. The van der Waals surface area contributed by atoms with E-state index in [1.54, 1.807) is 26.8 Å². The molecule has 7 nitrogen and oxygen atoms in total. The van der Waals surface area contributed by atoms with Crippen LogP contribution in [0.15, 0.2) is 17.1 Å². The van der Waals surface area contributed by atoms with Gasteiger partial charge in [-0.25, -0.2) is 14.7 Å². The smallest absolute Gasteiger partial charge is 0.417 e. The van der Waals surface area contributed by atoms with Crippen LogP contribution in [0.2, 0.25) is 0 Å². The van der Waals surface area contributed by atoms with Gasteiger partial charge in [0.15, 0.2) is 6.17 Å². The molecular weight excluding hydrogens is 248 g/mol. The van der Waals surface area contributed by atoms with E-state index in [0.29, 0.717) is 13.0 Å². The van der Waals surface area contributed by atoms with E-state index in [4.69, 9.17) is 10.5 Å². The van der Waals surface area contributed by atoms with Crippen molar-refractivity contribution in [1.29, 1.82) is 0 Å². The highest BCUT2D eigenvalue weighted by Crippen LogP contribution is 2.25. The standard InChI is InChI=1S/C12H18N4O3/c1-12(2,3)19-11(18)16-8-5-4-6-15(7-17)9(8)14-10(16)13/h4-5,7-9H,6H2,1-3H3,(H2,13,14)/t8-,9+/m1/s1. The maximum absolute atomic E-state index is 12.1. The van der Waals surface area contributed by atoms with Crippen LogP contribution in [0.5, 0.6) is 0 Å². The van der Waals surface area contributed by atoms with Crippen LogP contribution in [-0.2, 0) is 9.53 Å². The minimum atomic E-state index is -0.613. The van der Waals surface area contributed by atoms with Gasteiger partial charge < -0.3 is 15.4 Å². The fraction of sp³-hybridized carbons (Fsp3) is 0.583. The van der Waals surface area contributed by atoms with Gasteiger partial charge in [-0.1, -0.05) is 12.2 Å². The van der Waals surface area contributed by atoms with Gasteiger partial charge in [-0.15, -0.1) is 0 Å². The zero-order valence-corrected chi connectivity index (χ0v) is 11.2. The van der Waals surface area contributed by atoms with Crippen LogP contribution in [0.3, 0.4) is 0 Å². The third-order valence-electron chi connectivity index (χ3n) is 2.83. The molecule has 2 rings (SSSR count). The summed E-state index contributed by atoms with van der Waals surface area (Å²) in [6.07, 6.45) is 3.31. The molecule has 0 saturated carbocycles. The SMILES string of the molecule is CC(C)(C)OC(=O)N1C(N)=N[C@@H]2[C@H]1C=CCN2C=O. The molecule has 2 atom stereocenters. The maximum Gasteiger partial charge on any atom is 0.417 e. The molecule has 0 saturated heterocycles. The Balaban J connectivity index is 2.21. The quantitative estimate of drug-likeness (QED) is 0.545. The second-order valence-electron chi connectivity index (χ2n) is 5.47. The van der Waals surface area contributed by atoms with E-state index in [2.05, 4.69) is 4.99 Å². The van der Waals surface area contributed by atoms with Gasteiger partial charge >= 0.3 is 6.09 Å². The summed E-state index contributed by atoms with van der Waals surface area (Å²) >= 11 is 0. The molecule has 104 valence electrons. The number of rotatable bonds is 1. The number of nitrogens with zero attached hydrogens (tertiary/aromatic N) is 3. The van der Waals surface area contributed by atoms with Crippen molar-refractivity contribution in [1.82, 2.24) is 9.80 Å². The molecule has 2 N–H and O–H groups in total. The predicted octanol–water partition coefficient (Wildman–Crippen LogP) is 0.275. The molecule has 2 aliphatic heterocycles. The molecule has 0 spiro atoms. The maximum atomic E-state index is 12.1. The van der Waals surface area contributed by atoms with E-state index in [0.717, 1.165) is 0 Å². The van der Waals surface area contributed by atoms with Crippen LogP contribution in [0.25, 0.3) is 0 Å². The summed E-state index contributed by atoms with van der Waals surface area (Å²) in [5, 5.41) is 0. The second kappa shape index (κ2) is 4.56. The lowest BCUT2D eigenvalue weighted by Gasteiger charge is -2.33. The van der Waals surface area contributed by atoms with Crippen molar-refractivity contribution in [3.8, 4) is 0 Å². The van der Waals surface area contributed by atoms with Crippen LogP contribution in [0.1, 0.15) is 20.8 Å². The van der Waals surface area contributed by atoms with Gasteiger partial charge in [-0.2, -0.15) is 0 Å². The van der Waals surface area contributed by atoms with E-state index < -0.39 is 23.9 Å². The summed E-state index contributed by atoms with van der Waals surface area (Å²) in [5.41, 5.74) is 5.16. The van der Waals surface area contributed by atoms with Gasteiger partial charge in [0.25, 0.3) is 0 Å². The molecule has 0 aliphatic carbocycles. The largest absolute Gasteiger partial charge is 0.443 e. The number of nitrogens with two attached hydrogens (primary N) is 1. The summed E-state index contributed by atoms with van der Waals surface area (Å²) < 4.78 is 5.30. The molecule has 0 aromatic rings. The van der Waals surface area contributed by atoms with Crippen molar-refractivity contribution in [2.45, 2.75) is 38.6 Å². The number of ether oxygens (including phenoxy) is 1. The first-order chi connectivity index (χ1) is 8.83. The summed E-state index contributed by atoms with van der Waals surface area (Å²) in [6, 6.07) is -0.395. The average Bonchev–Trinajstić information content (AvgIpc) is 2.62. The molecule has 2 aliphatic rings. The Morgan fingerprint density at radius 1 is 1.58 bits per heavy atom. The lowest BCUT2D eigenvalue weighted by Crippen LogP contribution is -2.52. The van der Waals surface area contributed by atoms with Crippen molar-refractivity contribution in [3.05, 3.63) is 12.2 Å². The Kier molecular flexibility index (Phi) is 3.21. The third-order valence-corrected chi connectivity index (χ3v) is 2.83. The van der Waals surface area contributed by atoms with Crippen molar-refractivity contribution >= 4 is 18.5 Å². The van der Waals surface area contributed by atoms with Crippen LogP contribution in [-0.4, -0.2) is 52.6 Å². The molecule has 19 heavy (non-hydrogen) atoms. The molecule has 2 amide bonds. The summed E-state index contributed by atoms with van der Waals surface area (Å²) in [4.78, 5) is 30.0. The number of aliphatic imine (C=N–C) groups is 1. The zero-order chi connectivity index (χ0) is 14.2. The van der Waals surface area contributed by atoms with Crippen LogP contribution < -0.4 is 5.73 Å². The second-order valence-corrected chi connectivity index (χ2v) is 5.47. The van der Waals surface area contributed by atoms with E-state index in [9.17, 15) is 9.59 Å². The monoisotopic (exact) mass is 266 g/mol. The van der Waals surface area contributed by atoms with E-state index in [1.165, 1.54) is 9.80 Å². The topological polar surface area (TPSA) is 88.2 Å². The molecule has 0 aromatic heterocycles. The number of hydrogen-bond donors (Lipinski definition) is 1. The lowest BCUT2D eigenvalue weighted by molar-refractivity contribution is -0.120. The molecule has 0 bridgehead atoms. The van der Waals surface area contributed by atoms with Gasteiger partial charge in [-0.05, 0) is 20.8 Å². The zero-order valence-electron chi connectivity index (χ0n) is 11.2. The van der Waals surface area contributed by atoms with Gasteiger partial charge in [0, 0.05) is 6.54 Å². The molecule has 0 radical (unpaired) electrons. The Labute approximate surface area is 111 Å². The van der Waals surface area contributed by atoms with Crippen molar-refractivity contribution < 1.29 is 14.3 Å². The first kappa shape index (κ1) is 13.4. The summed E-state index contributed by atoms with van der Waals surface area (Å²) in [5.74, 6) is 0.0719. The van der Waals surface area contributed by atoms with E-state index in [1.807, 2.05) is 6.08 Å². The summed E-state index contributed by atoms with van der Waals surface area (Å²) in [6.45, 7) is 5.80. The lowest BCUT2D eigenvalue weighted by atomic mass is 10.1. The first-order valence-electron chi connectivity index (χ1n) is 6.06. The molecule has 7 heteroatoms. The number of fused-ring (bicyclic) bond motifs is 1. The molecule has 0 unspecified atom stereocenters. The summed E-state index contributed by atoms with van der Waals surface area (Å²) in [7, 11) is 0. The Morgan fingerprint density at radius 3 is 2.84 bits per heavy atom. The molecular formula is C12H18N4O3. The minimum Gasteiger partial charge on any atom is -0.443 e. The Morgan fingerprint density at radius 2 is 2.26 bits per heavy atom. The van der Waals surface area contributed by atoms with Crippen molar-refractivity contribution in [2.75, 3.05) is 6.54 Å². The highest BCUT2D eigenvalue weighted by molar-refractivity contribution is 5.95. The predicted molar refractivity (Wildman–Crippen MR) is 69.2 cm³/mol. The van der Waals surface area contributed by atoms with E-state index in [-0.39, 0.29) is 5.96 Å². The first-order valence-corrected chi connectivity index (χ1v) is 6.06. The van der Waals surface area contributed by atoms with Gasteiger partial charge in [0.2, 0.25) is 12.4 Å². The number of hydrogen-bond acceptors (Lipinski definition) is 5. The van der Waals surface area contributed by atoms with Crippen molar-refractivity contribution in [2.24, 2.45) is 10.7 Å².